The minimum absolute atomic E-state index is 0.0591. The molecule has 2 amide bonds. The van der Waals surface area contributed by atoms with Gasteiger partial charge in [-0.15, -0.1) is 0 Å². The van der Waals surface area contributed by atoms with Gasteiger partial charge in [0.1, 0.15) is 6.04 Å². The summed E-state index contributed by atoms with van der Waals surface area (Å²) in [4.78, 5) is 33.3. The molecule has 0 aromatic heterocycles. The van der Waals surface area contributed by atoms with Crippen LogP contribution in [0, 0.1) is 5.92 Å². The fourth-order valence-electron chi connectivity index (χ4n) is 2.54. The van der Waals surface area contributed by atoms with E-state index in [0.29, 0.717) is 5.92 Å². The minimum atomic E-state index is -1.22. The first-order chi connectivity index (χ1) is 9.88. The van der Waals surface area contributed by atoms with Crippen LogP contribution >= 0.6 is 0 Å². The van der Waals surface area contributed by atoms with Crippen molar-refractivity contribution in [3.8, 4) is 0 Å². The number of hydrogen-bond acceptors (Lipinski definition) is 3. The first kappa shape index (κ1) is 17.3. The minimum Gasteiger partial charge on any atom is -0.481 e. The molecule has 0 aromatic carbocycles. The molecule has 0 aromatic rings. The van der Waals surface area contributed by atoms with E-state index in [9.17, 15) is 14.4 Å². The van der Waals surface area contributed by atoms with Gasteiger partial charge in [-0.1, -0.05) is 19.8 Å². The molecule has 7 heteroatoms. The van der Waals surface area contributed by atoms with Crippen LogP contribution in [0.2, 0.25) is 0 Å². The second-order valence-electron chi connectivity index (χ2n) is 5.75. The Labute approximate surface area is 124 Å². The molecule has 3 unspecified atom stereocenters. The lowest BCUT2D eigenvalue weighted by Gasteiger charge is -2.19. The predicted molar refractivity (Wildman–Crippen MR) is 76.0 cm³/mol. The number of hydrogen-bond donors (Lipinski definition) is 4. The van der Waals surface area contributed by atoms with Crippen LogP contribution in [0.3, 0.4) is 0 Å². The zero-order chi connectivity index (χ0) is 15.8. The summed E-state index contributed by atoms with van der Waals surface area (Å²) in [5.41, 5.74) is 0. The van der Waals surface area contributed by atoms with Crippen molar-refractivity contribution >= 4 is 18.0 Å². The highest BCUT2D eigenvalue weighted by molar-refractivity contribution is 5.83. The molecular formula is C14H24N2O5. The van der Waals surface area contributed by atoms with Gasteiger partial charge in [0, 0.05) is 12.5 Å². The van der Waals surface area contributed by atoms with Crippen LogP contribution in [-0.4, -0.2) is 40.3 Å². The van der Waals surface area contributed by atoms with Crippen LogP contribution in [0.4, 0.5) is 4.79 Å². The van der Waals surface area contributed by atoms with E-state index in [2.05, 4.69) is 17.6 Å². The molecule has 7 nitrogen and oxygen atoms in total. The molecule has 0 aliphatic heterocycles. The molecule has 1 aliphatic carbocycles. The lowest BCUT2D eigenvalue weighted by Crippen LogP contribution is -2.49. The lowest BCUT2D eigenvalue weighted by atomic mass is 10.0. The Bertz CT molecular complexity index is 386. The Morgan fingerprint density at radius 3 is 2.48 bits per heavy atom. The van der Waals surface area contributed by atoms with E-state index in [1.807, 2.05) is 0 Å². The fourth-order valence-corrected chi connectivity index (χ4v) is 2.54. The number of nitrogens with one attached hydrogen (secondary N) is 2. The van der Waals surface area contributed by atoms with Crippen molar-refractivity contribution in [2.45, 2.75) is 64.0 Å². The maximum atomic E-state index is 11.8. The third-order valence-corrected chi connectivity index (χ3v) is 3.84. The van der Waals surface area contributed by atoms with Crippen molar-refractivity contribution < 1.29 is 24.6 Å². The van der Waals surface area contributed by atoms with Crippen molar-refractivity contribution in [3.63, 3.8) is 0 Å². The smallest absolute Gasteiger partial charge is 0.326 e. The summed E-state index contributed by atoms with van der Waals surface area (Å²) in [7, 11) is 0. The third kappa shape index (κ3) is 6.97. The van der Waals surface area contributed by atoms with Gasteiger partial charge in [0.25, 0.3) is 0 Å². The maximum Gasteiger partial charge on any atom is 0.326 e. The molecule has 21 heavy (non-hydrogen) atoms. The summed E-state index contributed by atoms with van der Waals surface area (Å²) < 4.78 is 0. The summed E-state index contributed by atoms with van der Waals surface area (Å²) in [6.07, 6.45) is 4.61. The number of amides is 2. The molecule has 1 saturated carbocycles. The summed E-state index contributed by atoms with van der Waals surface area (Å²) in [6, 6.07) is -1.65. The summed E-state index contributed by atoms with van der Waals surface area (Å²) in [5.74, 6) is -1.65. The fraction of sp³-hybridized carbons (Fsp3) is 0.786. The van der Waals surface area contributed by atoms with Crippen LogP contribution in [0.1, 0.15) is 51.9 Å². The van der Waals surface area contributed by atoms with Gasteiger partial charge in [-0.05, 0) is 31.6 Å². The van der Waals surface area contributed by atoms with Gasteiger partial charge in [-0.3, -0.25) is 4.79 Å². The number of carbonyl (C=O) groups is 3. The van der Waals surface area contributed by atoms with E-state index in [1.54, 1.807) is 0 Å². The summed E-state index contributed by atoms with van der Waals surface area (Å²) in [6.45, 7) is 2.19. The molecule has 1 aliphatic rings. The maximum absolute atomic E-state index is 11.8. The predicted octanol–water partition coefficient (Wildman–Crippen LogP) is 1.57. The van der Waals surface area contributed by atoms with E-state index >= 15 is 0 Å². The first-order valence-corrected chi connectivity index (χ1v) is 7.40. The molecule has 0 saturated heterocycles. The molecule has 1 rings (SSSR count). The van der Waals surface area contributed by atoms with Crippen molar-refractivity contribution in [1.82, 2.24) is 10.6 Å². The van der Waals surface area contributed by atoms with Crippen LogP contribution in [0.15, 0.2) is 0 Å². The van der Waals surface area contributed by atoms with E-state index in [0.717, 1.165) is 32.1 Å². The zero-order valence-electron chi connectivity index (χ0n) is 12.3. The van der Waals surface area contributed by atoms with Gasteiger partial charge in [-0.2, -0.15) is 0 Å². The van der Waals surface area contributed by atoms with Gasteiger partial charge < -0.3 is 20.8 Å². The van der Waals surface area contributed by atoms with Gasteiger partial charge in [-0.25, -0.2) is 9.59 Å². The molecule has 4 N–H and O–H groups in total. The summed E-state index contributed by atoms with van der Waals surface area (Å²) >= 11 is 0. The van der Waals surface area contributed by atoms with Crippen molar-refractivity contribution in [3.05, 3.63) is 0 Å². The first-order valence-electron chi connectivity index (χ1n) is 7.40. The molecule has 0 spiro atoms. The lowest BCUT2D eigenvalue weighted by molar-refractivity contribution is -0.140. The second-order valence-corrected chi connectivity index (χ2v) is 5.75. The highest BCUT2D eigenvalue weighted by Gasteiger charge is 2.23. The number of carbonyl (C=O) groups excluding carboxylic acids is 1. The van der Waals surface area contributed by atoms with Crippen molar-refractivity contribution in [1.29, 1.82) is 0 Å². The van der Waals surface area contributed by atoms with Crippen LogP contribution in [0.25, 0.3) is 0 Å². The standard InChI is InChI=1S/C14H24N2O5/c1-9-3-2-4-10(6-5-9)15-14(21)16-11(13(19)20)7-8-12(17)18/h9-11H,2-8H2,1H3,(H,17,18)(H,19,20)(H2,15,16,21). The van der Waals surface area contributed by atoms with Crippen LogP contribution < -0.4 is 10.6 Å². The molecule has 3 atom stereocenters. The van der Waals surface area contributed by atoms with Gasteiger partial charge in [0.05, 0.1) is 0 Å². The van der Waals surface area contributed by atoms with Crippen molar-refractivity contribution in [2.75, 3.05) is 0 Å². The Morgan fingerprint density at radius 1 is 1.14 bits per heavy atom. The average molecular weight is 300 g/mol. The molecule has 0 heterocycles. The normalized spacial score (nSPS) is 23.7. The van der Waals surface area contributed by atoms with Gasteiger partial charge >= 0.3 is 18.0 Å². The average Bonchev–Trinajstić information content (AvgIpc) is 2.59. The van der Waals surface area contributed by atoms with E-state index < -0.39 is 24.0 Å². The molecular weight excluding hydrogens is 276 g/mol. The Hall–Kier alpha value is -1.79. The van der Waals surface area contributed by atoms with Crippen LogP contribution in [0.5, 0.6) is 0 Å². The Morgan fingerprint density at radius 2 is 1.86 bits per heavy atom. The Kier molecular flexibility index (Phi) is 6.98. The van der Waals surface area contributed by atoms with Crippen molar-refractivity contribution in [2.24, 2.45) is 5.92 Å². The number of urea groups is 1. The third-order valence-electron chi connectivity index (χ3n) is 3.84. The second kappa shape index (κ2) is 8.49. The number of rotatable bonds is 6. The molecule has 0 radical (unpaired) electrons. The van der Waals surface area contributed by atoms with Crippen LogP contribution in [-0.2, 0) is 9.59 Å². The Balaban J connectivity index is 2.42. The zero-order valence-corrected chi connectivity index (χ0v) is 12.3. The highest BCUT2D eigenvalue weighted by atomic mass is 16.4. The SMILES string of the molecule is CC1CCCC(NC(=O)NC(CCC(=O)O)C(=O)O)CC1. The highest BCUT2D eigenvalue weighted by Crippen LogP contribution is 2.22. The molecule has 0 bridgehead atoms. The van der Waals surface area contributed by atoms with E-state index in [1.165, 1.54) is 0 Å². The largest absolute Gasteiger partial charge is 0.481 e. The van der Waals surface area contributed by atoms with E-state index in [4.69, 9.17) is 10.2 Å². The quantitative estimate of drug-likeness (QED) is 0.556. The topological polar surface area (TPSA) is 116 Å². The number of aliphatic carboxylic acids is 2. The number of carboxylic acid groups (broad SMARTS) is 2. The molecule has 1 fully saturated rings. The summed E-state index contributed by atoms with van der Waals surface area (Å²) in [5, 5.41) is 22.7. The van der Waals surface area contributed by atoms with Gasteiger partial charge in [0.2, 0.25) is 0 Å². The monoisotopic (exact) mass is 300 g/mol. The number of carboxylic acids is 2. The molecule has 120 valence electrons. The van der Waals surface area contributed by atoms with Gasteiger partial charge in [0.15, 0.2) is 0 Å². The van der Waals surface area contributed by atoms with E-state index in [-0.39, 0.29) is 18.9 Å².